The molecule has 0 radical (unpaired) electrons. The zero-order chi connectivity index (χ0) is 20.7. The molecule has 3 rings (SSSR count). The van der Waals surface area contributed by atoms with E-state index < -0.39 is 11.9 Å². The van der Waals surface area contributed by atoms with Gasteiger partial charge in [-0.1, -0.05) is 37.6 Å². The number of carboxylic acids is 2. The Kier molecular flexibility index (Phi) is 9.11. The quantitative estimate of drug-likeness (QED) is 0.622. The van der Waals surface area contributed by atoms with Gasteiger partial charge in [-0.15, -0.1) is 12.4 Å². The van der Waals surface area contributed by atoms with Crippen molar-refractivity contribution in [2.75, 3.05) is 0 Å². The summed E-state index contributed by atoms with van der Waals surface area (Å²) in [7, 11) is 0. The Hall–Kier alpha value is -3.10. The molecule has 1 aromatic carbocycles. The van der Waals surface area contributed by atoms with E-state index in [1.54, 1.807) is 6.07 Å². The van der Waals surface area contributed by atoms with Crippen LogP contribution in [0.2, 0.25) is 5.02 Å². The fourth-order valence-electron chi connectivity index (χ4n) is 2.20. The zero-order valence-corrected chi connectivity index (χ0v) is 17.1. The molecule has 8 nitrogen and oxygen atoms in total. The highest BCUT2D eigenvalue weighted by atomic mass is 35.5. The second kappa shape index (κ2) is 11.0. The molecule has 10 heteroatoms. The third-order valence-corrected chi connectivity index (χ3v) is 3.93. The number of aromatic carboxylic acids is 2. The van der Waals surface area contributed by atoms with Crippen LogP contribution in [0.3, 0.4) is 0 Å². The van der Waals surface area contributed by atoms with E-state index in [-0.39, 0.29) is 23.8 Å². The fraction of sp³-hybridized carbons (Fsp3) is 0.158. The molecule has 152 valence electrons. The number of aromatic nitrogens is 4. The molecule has 0 aliphatic rings. The minimum absolute atomic E-state index is 0. The first-order valence-electron chi connectivity index (χ1n) is 8.14. The van der Waals surface area contributed by atoms with E-state index in [1.807, 2.05) is 12.1 Å². The highest BCUT2D eigenvalue weighted by Crippen LogP contribution is 2.28. The number of hydrogen-bond donors (Lipinski definition) is 2. The van der Waals surface area contributed by atoms with Crippen molar-refractivity contribution in [2.24, 2.45) is 0 Å². The summed E-state index contributed by atoms with van der Waals surface area (Å²) >= 11 is 6.22. The molecule has 0 amide bonds. The van der Waals surface area contributed by atoms with Crippen molar-refractivity contribution in [1.82, 2.24) is 19.9 Å². The molecule has 0 spiro atoms. The van der Waals surface area contributed by atoms with E-state index in [1.165, 1.54) is 31.0 Å². The summed E-state index contributed by atoms with van der Waals surface area (Å²) in [5, 5.41) is 17.9. The van der Waals surface area contributed by atoms with E-state index in [0.717, 1.165) is 11.1 Å². The summed E-state index contributed by atoms with van der Waals surface area (Å²) < 4.78 is 0. The van der Waals surface area contributed by atoms with Gasteiger partial charge in [-0.05, 0) is 29.7 Å². The number of benzene rings is 1. The molecule has 0 saturated carbocycles. The van der Waals surface area contributed by atoms with Crippen LogP contribution in [-0.4, -0.2) is 42.1 Å². The molecule has 0 aliphatic carbocycles. The highest BCUT2D eigenvalue weighted by Gasteiger charge is 2.10. The van der Waals surface area contributed by atoms with Crippen molar-refractivity contribution in [3.63, 3.8) is 0 Å². The topological polar surface area (TPSA) is 126 Å². The van der Waals surface area contributed by atoms with Gasteiger partial charge < -0.3 is 10.2 Å². The molecule has 2 aromatic heterocycles. The van der Waals surface area contributed by atoms with Gasteiger partial charge in [-0.2, -0.15) is 0 Å². The predicted octanol–water partition coefficient (Wildman–Crippen LogP) is 4.22. The molecule has 3 aromatic rings. The average Bonchev–Trinajstić information content (AvgIpc) is 2.69. The number of carbonyl (C=O) groups is 2. The Balaban J connectivity index is 0.000000355. The van der Waals surface area contributed by atoms with Gasteiger partial charge in [0.15, 0.2) is 11.4 Å². The first-order chi connectivity index (χ1) is 13.3. The summed E-state index contributed by atoms with van der Waals surface area (Å²) in [4.78, 5) is 35.8. The Morgan fingerprint density at radius 1 is 0.931 bits per heavy atom. The molecule has 0 unspecified atom stereocenters. The summed E-state index contributed by atoms with van der Waals surface area (Å²) in [5.74, 6) is -1.77. The first-order valence-corrected chi connectivity index (χ1v) is 8.51. The summed E-state index contributed by atoms with van der Waals surface area (Å²) in [6, 6.07) is 8.39. The van der Waals surface area contributed by atoms with Gasteiger partial charge >= 0.3 is 11.9 Å². The van der Waals surface area contributed by atoms with Crippen LogP contribution in [0.4, 0.5) is 0 Å². The molecular formula is C19H18Cl2N4O4. The lowest BCUT2D eigenvalue weighted by Crippen LogP contribution is -2.01. The summed E-state index contributed by atoms with van der Waals surface area (Å²) in [6.45, 7) is 4.13. The molecule has 29 heavy (non-hydrogen) atoms. The standard InChI is InChI=1S/C14H13ClN2O2.C5H4N2O2.ClH/c1-8(2)10-4-3-9(5-11(10)15)12-6-13(14(18)19)17-7-16-12;8-5(9)4-1-2-6-3-7-4;/h3-8H,1-2H3,(H,18,19);1-3H,(H,8,9);1H. The summed E-state index contributed by atoms with van der Waals surface area (Å²) in [5.41, 5.74) is 2.36. The largest absolute Gasteiger partial charge is 0.477 e. The number of rotatable bonds is 4. The first kappa shape index (κ1) is 23.9. The molecule has 0 aliphatic heterocycles. The maximum atomic E-state index is 10.9. The number of carboxylic acid groups (broad SMARTS) is 2. The molecule has 0 fully saturated rings. The molecule has 2 N–H and O–H groups in total. The van der Waals surface area contributed by atoms with Crippen LogP contribution in [0.1, 0.15) is 46.3 Å². The Bertz CT molecular complexity index is 985. The van der Waals surface area contributed by atoms with Crippen LogP contribution in [0.15, 0.2) is 49.2 Å². The Morgan fingerprint density at radius 2 is 1.59 bits per heavy atom. The van der Waals surface area contributed by atoms with Crippen LogP contribution in [0, 0.1) is 0 Å². The molecule has 0 atom stereocenters. The van der Waals surface area contributed by atoms with E-state index in [0.29, 0.717) is 16.6 Å². The lowest BCUT2D eigenvalue weighted by molar-refractivity contribution is 0.0679. The van der Waals surface area contributed by atoms with Crippen LogP contribution in [-0.2, 0) is 0 Å². The van der Waals surface area contributed by atoms with Crippen LogP contribution < -0.4 is 0 Å². The second-order valence-corrected chi connectivity index (χ2v) is 6.29. The third kappa shape index (κ3) is 6.78. The fourth-order valence-corrected chi connectivity index (χ4v) is 2.60. The predicted molar refractivity (Wildman–Crippen MR) is 110 cm³/mol. The van der Waals surface area contributed by atoms with Crippen molar-refractivity contribution >= 4 is 35.9 Å². The molecular weight excluding hydrogens is 419 g/mol. The van der Waals surface area contributed by atoms with Crippen molar-refractivity contribution < 1.29 is 19.8 Å². The molecule has 2 heterocycles. The Labute approximate surface area is 178 Å². The van der Waals surface area contributed by atoms with Gasteiger partial charge in [0, 0.05) is 16.8 Å². The number of nitrogens with zero attached hydrogens (tertiary/aromatic N) is 4. The summed E-state index contributed by atoms with van der Waals surface area (Å²) in [6.07, 6.45) is 3.82. The van der Waals surface area contributed by atoms with Gasteiger partial charge in [0.1, 0.15) is 12.7 Å². The lowest BCUT2D eigenvalue weighted by atomic mass is 10.0. The van der Waals surface area contributed by atoms with Gasteiger partial charge in [0.25, 0.3) is 0 Å². The monoisotopic (exact) mass is 436 g/mol. The minimum atomic E-state index is -1.08. The van der Waals surface area contributed by atoms with Crippen molar-refractivity contribution in [3.8, 4) is 11.3 Å². The zero-order valence-electron chi connectivity index (χ0n) is 15.5. The van der Waals surface area contributed by atoms with Crippen molar-refractivity contribution in [2.45, 2.75) is 19.8 Å². The highest BCUT2D eigenvalue weighted by molar-refractivity contribution is 6.31. The van der Waals surface area contributed by atoms with Gasteiger partial charge in [0.2, 0.25) is 0 Å². The second-order valence-electron chi connectivity index (χ2n) is 5.88. The van der Waals surface area contributed by atoms with E-state index in [2.05, 4.69) is 33.8 Å². The van der Waals surface area contributed by atoms with Crippen LogP contribution in [0.25, 0.3) is 11.3 Å². The normalized spacial score (nSPS) is 9.79. The van der Waals surface area contributed by atoms with Gasteiger partial charge in [0.05, 0.1) is 5.69 Å². The van der Waals surface area contributed by atoms with Crippen molar-refractivity contribution in [3.05, 3.63) is 71.2 Å². The van der Waals surface area contributed by atoms with E-state index in [4.69, 9.17) is 21.8 Å². The molecule has 0 bridgehead atoms. The third-order valence-electron chi connectivity index (χ3n) is 3.61. The Morgan fingerprint density at radius 3 is 2.07 bits per heavy atom. The SMILES string of the molecule is CC(C)c1ccc(-c2cc(C(=O)O)ncn2)cc1Cl.Cl.O=C(O)c1ccncn1. The van der Waals surface area contributed by atoms with Crippen LogP contribution >= 0.6 is 24.0 Å². The van der Waals surface area contributed by atoms with Crippen molar-refractivity contribution in [1.29, 1.82) is 0 Å². The van der Waals surface area contributed by atoms with Crippen LogP contribution in [0.5, 0.6) is 0 Å². The molecule has 0 saturated heterocycles. The van der Waals surface area contributed by atoms with E-state index in [9.17, 15) is 9.59 Å². The average molecular weight is 437 g/mol. The maximum absolute atomic E-state index is 10.9. The number of hydrogen-bond acceptors (Lipinski definition) is 6. The smallest absolute Gasteiger partial charge is 0.354 e. The van der Waals surface area contributed by atoms with Gasteiger partial charge in [-0.3, -0.25) is 0 Å². The number of halogens is 2. The lowest BCUT2D eigenvalue weighted by Gasteiger charge is -2.09. The van der Waals surface area contributed by atoms with Gasteiger partial charge in [-0.25, -0.2) is 29.5 Å². The van der Waals surface area contributed by atoms with E-state index >= 15 is 0 Å². The minimum Gasteiger partial charge on any atom is -0.477 e. The maximum Gasteiger partial charge on any atom is 0.354 e.